The van der Waals surface area contributed by atoms with E-state index in [0.29, 0.717) is 17.2 Å². The van der Waals surface area contributed by atoms with Gasteiger partial charge in [-0.15, -0.1) is 0 Å². The molecule has 0 unspecified atom stereocenters. The minimum absolute atomic E-state index is 0.0662. The number of aliphatic hydroxyl groups excluding tert-OH is 1. The summed E-state index contributed by atoms with van der Waals surface area (Å²) in [6, 6.07) is 7.88. The Morgan fingerprint density at radius 2 is 1.90 bits per heavy atom. The van der Waals surface area contributed by atoms with Crippen LogP contribution in [0.15, 0.2) is 24.3 Å². The van der Waals surface area contributed by atoms with Crippen molar-refractivity contribution < 1.29 is 5.11 Å². The molecule has 0 amide bonds. The summed E-state index contributed by atoms with van der Waals surface area (Å²) in [7, 11) is 0. The number of rotatable bonds is 2. The van der Waals surface area contributed by atoms with Crippen LogP contribution < -0.4 is 5.73 Å². The number of anilines is 1. The van der Waals surface area contributed by atoms with E-state index in [-0.39, 0.29) is 12.0 Å². The summed E-state index contributed by atoms with van der Waals surface area (Å²) >= 11 is 0. The number of imidazole rings is 1. The second-order valence-corrected chi connectivity index (χ2v) is 6.54. The van der Waals surface area contributed by atoms with Gasteiger partial charge in [-0.05, 0) is 11.5 Å². The molecule has 3 rings (SSSR count). The Morgan fingerprint density at radius 3 is 2.57 bits per heavy atom. The molecule has 0 aliphatic carbocycles. The Kier molecular flexibility index (Phi) is 3.10. The molecule has 2 heterocycles. The van der Waals surface area contributed by atoms with Crippen LogP contribution in [0.5, 0.6) is 0 Å². The van der Waals surface area contributed by atoms with Gasteiger partial charge in [0.05, 0.1) is 11.0 Å². The fourth-order valence-electron chi connectivity index (χ4n) is 2.67. The fourth-order valence-corrected chi connectivity index (χ4v) is 2.67. The van der Waals surface area contributed by atoms with Crippen LogP contribution in [0, 0.1) is 5.41 Å². The first-order valence-corrected chi connectivity index (χ1v) is 7.05. The molecule has 0 fully saturated rings. The normalized spacial score (nSPS) is 12.4. The molecular weight excluding hydrogens is 264 g/mol. The first-order valence-electron chi connectivity index (χ1n) is 7.05. The summed E-state index contributed by atoms with van der Waals surface area (Å²) in [4.78, 5) is 8.90. The third-order valence-electron chi connectivity index (χ3n) is 3.46. The SMILES string of the molecule is CC(C)(C)Cn1c(CO)nc2c(N)nc3ccccc3c21. The molecule has 0 spiro atoms. The van der Waals surface area contributed by atoms with Crippen LogP contribution in [0.2, 0.25) is 0 Å². The highest BCUT2D eigenvalue weighted by Gasteiger charge is 2.20. The molecule has 0 radical (unpaired) electrons. The molecule has 2 aromatic heterocycles. The number of aliphatic hydroxyl groups is 1. The second kappa shape index (κ2) is 4.70. The third-order valence-corrected chi connectivity index (χ3v) is 3.46. The number of nitrogens with zero attached hydrogens (tertiary/aromatic N) is 3. The summed E-state index contributed by atoms with van der Waals surface area (Å²) in [5.41, 5.74) is 8.59. The standard InChI is InChI=1S/C16H20N4O/c1-16(2,3)9-20-12(8-21)19-13-14(20)10-6-4-5-7-11(10)18-15(13)17/h4-7,21H,8-9H2,1-3H3,(H2,17,18). The number of hydrogen-bond acceptors (Lipinski definition) is 4. The van der Waals surface area contributed by atoms with E-state index in [1.807, 2.05) is 24.3 Å². The summed E-state index contributed by atoms with van der Waals surface area (Å²) in [6.45, 7) is 7.12. The zero-order valence-corrected chi connectivity index (χ0v) is 12.6. The molecule has 0 atom stereocenters. The molecular formula is C16H20N4O. The molecule has 5 nitrogen and oxygen atoms in total. The van der Waals surface area contributed by atoms with Crippen molar-refractivity contribution in [3.8, 4) is 0 Å². The molecule has 5 heteroatoms. The lowest BCUT2D eigenvalue weighted by Crippen LogP contribution is -2.17. The minimum Gasteiger partial charge on any atom is -0.388 e. The quantitative estimate of drug-likeness (QED) is 0.758. The van der Waals surface area contributed by atoms with Crippen molar-refractivity contribution in [3.05, 3.63) is 30.1 Å². The molecule has 1 aromatic carbocycles. The van der Waals surface area contributed by atoms with Crippen molar-refractivity contribution in [1.29, 1.82) is 0 Å². The first-order chi connectivity index (χ1) is 9.90. The highest BCUT2D eigenvalue weighted by Crippen LogP contribution is 2.31. The van der Waals surface area contributed by atoms with E-state index < -0.39 is 0 Å². The van der Waals surface area contributed by atoms with E-state index in [4.69, 9.17) is 5.73 Å². The molecule has 110 valence electrons. The van der Waals surface area contributed by atoms with Crippen LogP contribution in [-0.2, 0) is 13.2 Å². The highest BCUT2D eigenvalue weighted by atomic mass is 16.3. The van der Waals surface area contributed by atoms with Gasteiger partial charge in [0.2, 0.25) is 0 Å². The van der Waals surface area contributed by atoms with Gasteiger partial charge in [0.1, 0.15) is 17.9 Å². The van der Waals surface area contributed by atoms with Gasteiger partial charge in [0.15, 0.2) is 5.82 Å². The monoisotopic (exact) mass is 284 g/mol. The van der Waals surface area contributed by atoms with Gasteiger partial charge in [-0.3, -0.25) is 0 Å². The van der Waals surface area contributed by atoms with E-state index >= 15 is 0 Å². The van der Waals surface area contributed by atoms with Crippen LogP contribution >= 0.6 is 0 Å². The maximum absolute atomic E-state index is 9.63. The summed E-state index contributed by atoms with van der Waals surface area (Å²) in [6.07, 6.45) is 0. The van der Waals surface area contributed by atoms with E-state index in [0.717, 1.165) is 23.0 Å². The van der Waals surface area contributed by atoms with Gasteiger partial charge in [0.25, 0.3) is 0 Å². The van der Waals surface area contributed by atoms with Gasteiger partial charge in [0, 0.05) is 11.9 Å². The van der Waals surface area contributed by atoms with Gasteiger partial charge in [-0.2, -0.15) is 0 Å². The number of benzene rings is 1. The van der Waals surface area contributed by atoms with E-state index in [2.05, 4.69) is 35.3 Å². The maximum atomic E-state index is 9.63. The van der Waals surface area contributed by atoms with Gasteiger partial charge >= 0.3 is 0 Å². The zero-order chi connectivity index (χ0) is 15.2. The average Bonchev–Trinajstić information content (AvgIpc) is 2.76. The number of nitrogens with two attached hydrogens (primary N) is 1. The van der Waals surface area contributed by atoms with Crippen molar-refractivity contribution in [1.82, 2.24) is 14.5 Å². The number of para-hydroxylation sites is 1. The summed E-state index contributed by atoms with van der Waals surface area (Å²) in [5, 5.41) is 10.6. The Bertz CT molecular complexity index is 814. The molecule has 0 aliphatic rings. The van der Waals surface area contributed by atoms with E-state index in [9.17, 15) is 5.11 Å². The largest absolute Gasteiger partial charge is 0.388 e. The van der Waals surface area contributed by atoms with Crippen LogP contribution in [0.3, 0.4) is 0 Å². The summed E-state index contributed by atoms with van der Waals surface area (Å²) < 4.78 is 2.07. The second-order valence-electron chi connectivity index (χ2n) is 6.54. The van der Waals surface area contributed by atoms with Gasteiger partial charge < -0.3 is 15.4 Å². The van der Waals surface area contributed by atoms with Crippen LogP contribution in [0.25, 0.3) is 21.9 Å². The Morgan fingerprint density at radius 1 is 1.19 bits per heavy atom. The van der Waals surface area contributed by atoms with E-state index in [1.54, 1.807) is 0 Å². The molecule has 0 bridgehead atoms. The topological polar surface area (TPSA) is 77.0 Å². The lowest BCUT2D eigenvalue weighted by atomic mass is 9.96. The predicted octanol–water partition coefficient (Wildman–Crippen LogP) is 2.71. The maximum Gasteiger partial charge on any atom is 0.152 e. The zero-order valence-electron chi connectivity index (χ0n) is 12.6. The average molecular weight is 284 g/mol. The number of nitrogen functional groups attached to an aromatic ring is 1. The molecule has 21 heavy (non-hydrogen) atoms. The van der Waals surface area contributed by atoms with E-state index in [1.165, 1.54) is 0 Å². The Hall–Kier alpha value is -2.14. The Balaban J connectivity index is 2.43. The lowest BCUT2D eigenvalue weighted by Gasteiger charge is -2.21. The van der Waals surface area contributed by atoms with Crippen molar-refractivity contribution in [2.75, 3.05) is 5.73 Å². The van der Waals surface area contributed by atoms with Crippen molar-refractivity contribution >= 4 is 27.8 Å². The van der Waals surface area contributed by atoms with Crippen LogP contribution in [0.1, 0.15) is 26.6 Å². The van der Waals surface area contributed by atoms with Crippen LogP contribution in [-0.4, -0.2) is 19.6 Å². The third kappa shape index (κ3) is 2.34. The smallest absolute Gasteiger partial charge is 0.152 e. The lowest BCUT2D eigenvalue weighted by molar-refractivity contribution is 0.255. The number of aromatic nitrogens is 3. The molecule has 0 saturated heterocycles. The first kappa shape index (κ1) is 13.8. The minimum atomic E-state index is -0.113. The van der Waals surface area contributed by atoms with Crippen LogP contribution in [0.4, 0.5) is 5.82 Å². The molecule has 0 saturated carbocycles. The van der Waals surface area contributed by atoms with Gasteiger partial charge in [-0.25, -0.2) is 9.97 Å². The van der Waals surface area contributed by atoms with Crippen molar-refractivity contribution in [3.63, 3.8) is 0 Å². The molecule has 3 aromatic rings. The van der Waals surface area contributed by atoms with Gasteiger partial charge in [-0.1, -0.05) is 39.0 Å². The Labute approximate surface area is 123 Å². The highest BCUT2D eigenvalue weighted by molar-refractivity contribution is 6.06. The predicted molar refractivity (Wildman–Crippen MR) is 84.8 cm³/mol. The summed E-state index contributed by atoms with van der Waals surface area (Å²) in [5.74, 6) is 1.04. The van der Waals surface area contributed by atoms with Crippen molar-refractivity contribution in [2.24, 2.45) is 5.41 Å². The fraction of sp³-hybridized carbons (Fsp3) is 0.375. The molecule has 0 aliphatic heterocycles. The molecule has 3 N–H and O–H groups in total. The number of fused-ring (bicyclic) bond motifs is 3. The van der Waals surface area contributed by atoms with Crippen molar-refractivity contribution in [2.45, 2.75) is 33.9 Å². The number of hydrogen-bond donors (Lipinski definition) is 2. The number of pyridine rings is 1.